The average Bonchev–Trinajstić information content (AvgIpc) is 2.53. The third-order valence-electron chi connectivity index (χ3n) is 3.61. The Balaban J connectivity index is 1.97. The normalized spacial score (nSPS) is 17.8. The lowest BCUT2D eigenvalue weighted by Crippen LogP contribution is -2.41. The third kappa shape index (κ3) is 2.74. The van der Waals surface area contributed by atoms with Gasteiger partial charge in [-0.2, -0.15) is 13.2 Å². The van der Waals surface area contributed by atoms with Gasteiger partial charge in [0.15, 0.2) is 0 Å². The Morgan fingerprint density at radius 1 is 1.09 bits per heavy atom. The van der Waals surface area contributed by atoms with Crippen molar-refractivity contribution in [1.29, 1.82) is 0 Å². The fourth-order valence-electron chi connectivity index (χ4n) is 2.50. The summed E-state index contributed by atoms with van der Waals surface area (Å²) in [6.07, 6.45) is -4.53. The van der Waals surface area contributed by atoms with Crippen LogP contribution in [0.2, 0.25) is 0 Å². The van der Waals surface area contributed by atoms with Gasteiger partial charge < -0.3 is 15.4 Å². The number of rotatable bonds is 2. The molecular weight excluding hydrogens is 293 g/mol. The zero-order valence-corrected chi connectivity index (χ0v) is 11.7. The van der Waals surface area contributed by atoms with E-state index in [1.807, 2.05) is 29.2 Å². The molecule has 116 valence electrons. The van der Waals surface area contributed by atoms with Gasteiger partial charge in [-0.25, -0.2) is 0 Å². The van der Waals surface area contributed by atoms with E-state index in [2.05, 4.69) is 0 Å². The van der Waals surface area contributed by atoms with Crippen LogP contribution in [0.15, 0.2) is 48.5 Å². The highest BCUT2D eigenvalue weighted by molar-refractivity contribution is 5.70. The van der Waals surface area contributed by atoms with Crippen LogP contribution in [0, 0.1) is 0 Å². The largest absolute Gasteiger partial charge is 0.485 e. The second-order valence-electron chi connectivity index (χ2n) is 5.10. The van der Waals surface area contributed by atoms with E-state index in [1.165, 1.54) is 12.1 Å². The van der Waals surface area contributed by atoms with Crippen molar-refractivity contribution in [2.24, 2.45) is 5.73 Å². The Hall–Kier alpha value is -2.21. The molecule has 2 aromatic rings. The van der Waals surface area contributed by atoms with Gasteiger partial charge in [-0.05, 0) is 36.4 Å². The molecule has 0 radical (unpaired) electrons. The Kier molecular flexibility index (Phi) is 3.70. The van der Waals surface area contributed by atoms with E-state index in [9.17, 15) is 13.2 Å². The van der Waals surface area contributed by atoms with Gasteiger partial charge in [0.25, 0.3) is 0 Å². The number of anilines is 2. The molecule has 0 aliphatic carbocycles. The minimum absolute atomic E-state index is 0.197. The summed E-state index contributed by atoms with van der Waals surface area (Å²) in [5.74, 6) is 0.684. The van der Waals surface area contributed by atoms with Gasteiger partial charge in [0.2, 0.25) is 0 Å². The molecule has 3 nitrogen and oxygen atoms in total. The number of alkyl halides is 3. The summed E-state index contributed by atoms with van der Waals surface area (Å²) in [6.45, 7) is 0.838. The van der Waals surface area contributed by atoms with Crippen LogP contribution in [-0.4, -0.2) is 19.2 Å². The third-order valence-corrected chi connectivity index (χ3v) is 3.61. The molecule has 1 aliphatic heterocycles. The summed E-state index contributed by atoms with van der Waals surface area (Å²) in [6, 6.07) is 12.5. The molecule has 0 saturated heterocycles. The van der Waals surface area contributed by atoms with E-state index < -0.39 is 11.7 Å². The van der Waals surface area contributed by atoms with Crippen LogP contribution >= 0.6 is 0 Å². The SMILES string of the molecule is NCC1CN(c2ccc(C(F)(F)F)cc2)c2ccccc2O1. The number of hydrogen-bond acceptors (Lipinski definition) is 3. The van der Waals surface area contributed by atoms with Crippen LogP contribution in [-0.2, 0) is 6.18 Å². The van der Waals surface area contributed by atoms with Gasteiger partial charge in [0.1, 0.15) is 11.9 Å². The summed E-state index contributed by atoms with van der Waals surface area (Å²) < 4.78 is 43.8. The first-order chi connectivity index (χ1) is 10.5. The maximum atomic E-state index is 12.7. The van der Waals surface area contributed by atoms with Gasteiger partial charge in [-0.15, -0.1) is 0 Å². The van der Waals surface area contributed by atoms with E-state index in [-0.39, 0.29) is 6.10 Å². The van der Waals surface area contributed by atoms with Crippen molar-refractivity contribution < 1.29 is 17.9 Å². The smallest absolute Gasteiger partial charge is 0.416 e. The van der Waals surface area contributed by atoms with Crippen LogP contribution in [0.3, 0.4) is 0 Å². The second kappa shape index (κ2) is 5.53. The van der Waals surface area contributed by atoms with Crippen molar-refractivity contribution in [3.8, 4) is 5.75 Å². The molecule has 0 saturated carbocycles. The first kappa shape index (κ1) is 14.7. The van der Waals surface area contributed by atoms with Crippen molar-refractivity contribution in [3.63, 3.8) is 0 Å². The van der Waals surface area contributed by atoms with E-state index in [4.69, 9.17) is 10.5 Å². The highest BCUT2D eigenvalue weighted by atomic mass is 19.4. The fourth-order valence-corrected chi connectivity index (χ4v) is 2.50. The summed E-state index contributed by atoms with van der Waals surface area (Å²) in [4.78, 5) is 1.93. The molecule has 0 spiro atoms. The lowest BCUT2D eigenvalue weighted by atomic mass is 10.1. The van der Waals surface area contributed by atoms with Gasteiger partial charge in [0, 0.05) is 12.2 Å². The summed E-state index contributed by atoms with van der Waals surface area (Å²) in [5.41, 5.74) is 6.53. The van der Waals surface area contributed by atoms with Crippen LogP contribution < -0.4 is 15.4 Å². The summed E-state index contributed by atoms with van der Waals surface area (Å²) >= 11 is 0. The van der Waals surface area contributed by atoms with Crippen molar-refractivity contribution in [3.05, 3.63) is 54.1 Å². The number of nitrogens with two attached hydrogens (primary N) is 1. The quantitative estimate of drug-likeness (QED) is 0.922. The number of fused-ring (bicyclic) bond motifs is 1. The molecule has 2 aromatic carbocycles. The second-order valence-corrected chi connectivity index (χ2v) is 5.10. The Labute approximate surface area is 126 Å². The molecule has 22 heavy (non-hydrogen) atoms. The van der Waals surface area contributed by atoms with Crippen LogP contribution in [0.4, 0.5) is 24.5 Å². The molecule has 3 rings (SSSR count). The summed E-state index contributed by atoms with van der Waals surface area (Å²) in [7, 11) is 0. The molecular formula is C16H15F3N2O. The zero-order chi connectivity index (χ0) is 15.7. The molecule has 6 heteroatoms. The van der Waals surface area contributed by atoms with E-state index in [0.717, 1.165) is 17.8 Å². The first-order valence-electron chi connectivity index (χ1n) is 6.89. The average molecular weight is 308 g/mol. The number of para-hydroxylation sites is 2. The molecule has 2 N–H and O–H groups in total. The Morgan fingerprint density at radius 3 is 2.41 bits per heavy atom. The van der Waals surface area contributed by atoms with Crippen LogP contribution in [0.25, 0.3) is 0 Å². The van der Waals surface area contributed by atoms with Gasteiger partial charge in [-0.1, -0.05) is 12.1 Å². The standard InChI is InChI=1S/C16H15F3N2O/c17-16(18,19)11-5-7-12(8-6-11)21-10-13(9-20)22-15-4-2-1-3-14(15)21/h1-8,13H,9-10,20H2. The zero-order valence-electron chi connectivity index (χ0n) is 11.7. The molecule has 0 amide bonds. The van der Waals surface area contributed by atoms with E-state index >= 15 is 0 Å². The molecule has 0 fully saturated rings. The molecule has 1 atom stereocenters. The number of nitrogens with zero attached hydrogens (tertiary/aromatic N) is 1. The molecule has 0 bridgehead atoms. The number of ether oxygens (including phenoxy) is 1. The first-order valence-corrected chi connectivity index (χ1v) is 6.89. The highest BCUT2D eigenvalue weighted by Gasteiger charge is 2.31. The fraction of sp³-hybridized carbons (Fsp3) is 0.250. The molecule has 1 unspecified atom stereocenters. The van der Waals surface area contributed by atoms with Crippen molar-refractivity contribution in [2.75, 3.05) is 18.0 Å². The minimum Gasteiger partial charge on any atom is -0.485 e. The van der Waals surface area contributed by atoms with Crippen LogP contribution in [0.1, 0.15) is 5.56 Å². The number of halogens is 3. The Bertz CT molecular complexity index is 655. The van der Waals surface area contributed by atoms with Gasteiger partial charge in [-0.3, -0.25) is 0 Å². The number of benzene rings is 2. The minimum atomic E-state index is -4.33. The molecule has 0 aromatic heterocycles. The van der Waals surface area contributed by atoms with E-state index in [1.54, 1.807) is 0 Å². The van der Waals surface area contributed by atoms with Crippen molar-refractivity contribution in [1.82, 2.24) is 0 Å². The van der Waals surface area contributed by atoms with Gasteiger partial charge in [0.05, 0.1) is 17.8 Å². The lowest BCUT2D eigenvalue weighted by molar-refractivity contribution is -0.137. The maximum Gasteiger partial charge on any atom is 0.416 e. The topological polar surface area (TPSA) is 38.5 Å². The Morgan fingerprint density at radius 2 is 1.77 bits per heavy atom. The predicted molar refractivity (Wildman–Crippen MR) is 78.4 cm³/mol. The number of hydrogen-bond donors (Lipinski definition) is 1. The summed E-state index contributed by atoms with van der Waals surface area (Å²) in [5, 5.41) is 0. The lowest BCUT2D eigenvalue weighted by Gasteiger charge is -2.36. The van der Waals surface area contributed by atoms with E-state index in [0.29, 0.717) is 24.5 Å². The highest BCUT2D eigenvalue weighted by Crippen LogP contribution is 2.38. The predicted octanol–water partition coefficient (Wildman–Crippen LogP) is 3.56. The molecule has 1 heterocycles. The maximum absolute atomic E-state index is 12.7. The molecule has 1 aliphatic rings. The van der Waals surface area contributed by atoms with Crippen molar-refractivity contribution >= 4 is 11.4 Å². The van der Waals surface area contributed by atoms with Crippen molar-refractivity contribution in [2.45, 2.75) is 12.3 Å². The van der Waals surface area contributed by atoms with Crippen LogP contribution in [0.5, 0.6) is 5.75 Å². The van der Waals surface area contributed by atoms with Gasteiger partial charge >= 0.3 is 6.18 Å². The monoisotopic (exact) mass is 308 g/mol.